The molecule has 2 N–H and O–H groups in total. The van der Waals surface area contributed by atoms with Crippen LogP contribution in [0.5, 0.6) is 0 Å². The van der Waals surface area contributed by atoms with Crippen LogP contribution in [-0.4, -0.2) is 33.7 Å². The summed E-state index contributed by atoms with van der Waals surface area (Å²) in [6.45, 7) is 6.67. The number of carbonyl (C=O) groups is 2. The summed E-state index contributed by atoms with van der Waals surface area (Å²) in [4.78, 5) is 23.0. The Balaban J connectivity index is 4.39. The van der Waals surface area contributed by atoms with Gasteiger partial charge >= 0.3 is 11.9 Å². The second-order valence-corrected chi connectivity index (χ2v) is 4.43. The molecule has 0 radical (unpaired) electrons. The Morgan fingerprint density at radius 2 is 1.05 bits per heavy atom. The minimum Gasteiger partial charge on any atom is -0.433 e. The molecule has 0 fully saturated rings. The number of esters is 2. The third kappa shape index (κ3) is 6.02. The highest BCUT2D eigenvalue weighted by atomic mass is 16.7. The van der Waals surface area contributed by atoms with E-state index in [-0.39, 0.29) is 25.7 Å². The largest absolute Gasteiger partial charge is 0.433 e. The molecule has 0 aromatic carbocycles. The molecule has 0 aliphatic rings. The van der Waals surface area contributed by atoms with Gasteiger partial charge in [-0.3, -0.25) is 9.59 Å². The first-order valence-electron chi connectivity index (χ1n) is 6.62. The van der Waals surface area contributed by atoms with Gasteiger partial charge in [0.15, 0.2) is 0 Å². The molecule has 6 nitrogen and oxygen atoms in total. The van der Waals surface area contributed by atoms with Gasteiger partial charge in [0.05, 0.1) is 0 Å². The molecular weight excluding hydrogens is 252 g/mol. The van der Waals surface area contributed by atoms with E-state index in [1.165, 1.54) is 0 Å². The Kier molecular flexibility index (Phi) is 7.00. The molecule has 0 atom stereocenters. The van der Waals surface area contributed by atoms with Gasteiger partial charge in [-0.1, -0.05) is 27.7 Å². The van der Waals surface area contributed by atoms with Gasteiger partial charge in [-0.05, 0) is 0 Å². The van der Waals surface area contributed by atoms with E-state index in [1.54, 1.807) is 27.7 Å². The van der Waals surface area contributed by atoms with E-state index in [0.29, 0.717) is 0 Å². The zero-order valence-electron chi connectivity index (χ0n) is 12.1. The first-order chi connectivity index (χ1) is 8.74. The van der Waals surface area contributed by atoms with Crippen LogP contribution in [0.4, 0.5) is 0 Å². The smallest absolute Gasteiger partial charge is 0.319 e. The highest BCUT2D eigenvalue weighted by molar-refractivity contribution is 5.91. The SMILES string of the molecule is CCC(O)(CC)OC(=O)CC(=O)OC(O)(CC)CC. The number of hydrogen-bond acceptors (Lipinski definition) is 6. The molecule has 0 heterocycles. The van der Waals surface area contributed by atoms with E-state index in [4.69, 9.17) is 9.47 Å². The van der Waals surface area contributed by atoms with Crippen LogP contribution >= 0.6 is 0 Å². The molecule has 112 valence electrons. The quantitative estimate of drug-likeness (QED) is 0.396. The molecule has 0 aliphatic heterocycles. The van der Waals surface area contributed by atoms with E-state index in [1.807, 2.05) is 0 Å². The Bertz CT molecular complexity index is 274. The maximum Gasteiger partial charge on any atom is 0.319 e. The summed E-state index contributed by atoms with van der Waals surface area (Å²) in [6.07, 6.45) is 0.303. The third-order valence-electron chi connectivity index (χ3n) is 3.11. The maximum absolute atomic E-state index is 11.5. The number of carbonyl (C=O) groups excluding carboxylic acids is 2. The molecule has 0 aliphatic carbocycles. The van der Waals surface area contributed by atoms with Crippen LogP contribution < -0.4 is 0 Å². The van der Waals surface area contributed by atoms with E-state index >= 15 is 0 Å². The molecule has 0 rings (SSSR count). The van der Waals surface area contributed by atoms with Crippen LogP contribution in [0, 0.1) is 0 Å². The van der Waals surface area contributed by atoms with E-state index < -0.39 is 29.9 Å². The van der Waals surface area contributed by atoms with Crippen molar-refractivity contribution in [3.05, 3.63) is 0 Å². The van der Waals surface area contributed by atoms with E-state index in [0.717, 1.165) is 0 Å². The van der Waals surface area contributed by atoms with Gasteiger partial charge in [0.25, 0.3) is 0 Å². The minimum absolute atomic E-state index is 0.234. The fraction of sp³-hybridized carbons (Fsp3) is 0.846. The van der Waals surface area contributed by atoms with Gasteiger partial charge in [0.1, 0.15) is 6.42 Å². The average molecular weight is 276 g/mol. The molecule has 0 saturated carbocycles. The molecule has 0 spiro atoms. The van der Waals surface area contributed by atoms with E-state index in [2.05, 4.69) is 0 Å². The topological polar surface area (TPSA) is 93.1 Å². The Hall–Kier alpha value is -1.14. The monoisotopic (exact) mass is 276 g/mol. The third-order valence-corrected chi connectivity index (χ3v) is 3.11. The number of hydrogen-bond donors (Lipinski definition) is 2. The number of ether oxygens (including phenoxy) is 2. The Morgan fingerprint density at radius 1 is 0.789 bits per heavy atom. The summed E-state index contributed by atoms with van der Waals surface area (Å²) < 4.78 is 9.65. The maximum atomic E-state index is 11.5. The molecule has 0 bridgehead atoms. The lowest BCUT2D eigenvalue weighted by Gasteiger charge is -2.26. The van der Waals surface area contributed by atoms with Crippen molar-refractivity contribution in [2.75, 3.05) is 0 Å². The summed E-state index contributed by atoms with van der Waals surface area (Å²) in [5, 5.41) is 19.6. The summed E-state index contributed by atoms with van der Waals surface area (Å²) in [6, 6.07) is 0. The fourth-order valence-corrected chi connectivity index (χ4v) is 1.40. The summed E-state index contributed by atoms with van der Waals surface area (Å²) >= 11 is 0. The van der Waals surface area contributed by atoms with Gasteiger partial charge in [0.2, 0.25) is 11.6 Å². The molecule has 0 aromatic rings. The van der Waals surface area contributed by atoms with Crippen molar-refractivity contribution < 1.29 is 29.3 Å². The highest BCUT2D eigenvalue weighted by Crippen LogP contribution is 2.19. The summed E-state index contributed by atoms with van der Waals surface area (Å²) in [7, 11) is 0. The van der Waals surface area contributed by atoms with Gasteiger partial charge < -0.3 is 19.7 Å². The van der Waals surface area contributed by atoms with Crippen LogP contribution in [-0.2, 0) is 19.1 Å². The zero-order valence-corrected chi connectivity index (χ0v) is 12.1. The molecule has 0 saturated heterocycles. The average Bonchev–Trinajstić information content (AvgIpc) is 2.37. The van der Waals surface area contributed by atoms with Crippen molar-refractivity contribution in [1.29, 1.82) is 0 Å². The van der Waals surface area contributed by atoms with Crippen molar-refractivity contribution in [1.82, 2.24) is 0 Å². The Morgan fingerprint density at radius 3 is 1.26 bits per heavy atom. The van der Waals surface area contributed by atoms with Crippen molar-refractivity contribution in [3.8, 4) is 0 Å². The highest BCUT2D eigenvalue weighted by Gasteiger charge is 2.31. The van der Waals surface area contributed by atoms with Crippen LogP contribution in [0.3, 0.4) is 0 Å². The molecule has 6 heteroatoms. The molecule has 19 heavy (non-hydrogen) atoms. The van der Waals surface area contributed by atoms with Crippen molar-refractivity contribution >= 4 is 11.9 Å². The van der Waals surface area contributed by atoms with Crippen molar-refractivity contribution in [2.45, 2.75) is 71.4 Å². The van der Waals surface area contributed by atoms with Gasteiger partial charge in [-0.15, -0.1) is 0 Å². The predicted molar refractivity (Wildman–Crippen MR) is 67.9 cm³/mol. The number of aliphatic hydroxyl groups is 2. The molecule has 0 amide bonds. The van der Waals surface area contributed by atoms with Crippen LogP contribution in [0.25, 0.3) is 0 Å². The van der Waals surface area contributed by atoms with E-state index in [9.17, 15) is 19.8 Å². The molecular formula is C13H24O6. The molecule has 0 unspecified atom stereocenters. The second-order valence-electron chi connectivity index (χ2n) is 4.43. The second kappa shape index (κ2) is 7.45. The van der Waals surface area contributed by atoms with Crippen LogP contribution in [0.15, 0.2) is 0 Å². The minimum atomic E-state index is -1.55. The fourth-order valence-electron chi connectivity index (χ4n) is 1.40. The number of rotatable bonds is 8. The summed E-state index contributed by atoms with van der Waals surface area (Å²) in [5.74, 6) is -4.84. The van der Waals surface area contributed by atoms with Gasteiger partial charge in [-0.25, -0.2) is 0 Å². The van der Waals surface area contributed by atoms with Crippen molar-refractivity contribution in [3.63, 3.8) is 0 Å². The van der Waals surface area contributed by atoms with Crippen molar-refractivity contribution in [2.24, 2.45) is 0 Å². The normalized spacial score (nSPS) is 12.1. The lowest BCUT2D eigenvalue weighted by atomic mass is 10.1. The lowest BCUT2D eigenvalue weighted by molar-refractivity contribution is -0.221. The lowest BCUT2D eigenvalue weighted by Crippen LogP contribution is -2.37. The Labute approximate surface area is 113 Å². The molecule has 0 aromatic heterocycles. The van der Waals surface area contributed by atoms with Crippen LogP contribution in [0.1, 0.15) is 59.8 Å². The summed E-state index contributed by atoms with van der Waals surface area (Å²) in [5.41, 5.74) is 0. The first kappa shape index (κ1) is 17.9. The zero-order chi connectivity index (χ0) is 15.1. The predicted octanol–water partition coefficient (Wildman–Crippen LogP) is 1.48. The standard InChI is InChI=1S/C13H24O6/c1-5-12(16,6-2)18-10(14)9-11(15)19-13(17,7-3)8-4/h16-17H,5-9H2,1-4H3. The van der Waals surface area contributed by atoms with Crippen LogP contribution in [0.2, 0.25) is 0 Å². The first-order valence-corrected chi connectivity index (χ1v) is 6.62. The van der Waals surface area contributed by atoms with Gasteiger partial charge in [0, 0.05) is 25.7 Å². The van der Waals surface area contributed by atoms with Gasteiger partial charge in [-0.2, -0.15) is 0 Å².